The molecule has 5 heteroatoms. The highest BCUT2D eigenvalue weighted by Gasteiger charge is 2.34. The van der Waals surface area contributed by atoms with Crippen molar-refractivity contribution >= 4 is 11.3 Å². The molecule has 1 aromatic heterocycles. The summed E-state index contributed by atoms with van der Waals surface area (Å²) in [4.78, 5) is 4.59. The third kappa shape index (κ3) is 1.95. The largest absolute Gasteiger partial charge is 0.417 e. The van der Waals surface area contributed by atoms with Gasteiger partial charge in [-0.1, -0.05) is 18.2 Å². The predicted octanol–water partition coefficient (Wildman–Crippen LogP) is 3.94. The summed E-state index contributed by atoms with van der Waals surface area (Å²) < 4.78 is 38.2. The van der Waals surface area contributed by atoms with Crippen molar-refractivity contribution < 1.29 is 13.2 Å². The van der Waals surface area contributed by atoms with Crippen molar-refractivity contribution in [3.63, 3.8) is 0 Å². The third-order valence-corrected chi connectivity index (χ3v) is 2.86. The number of hydrogen-bond donors (Lipinski definition) is 0. The Balaban J connectivity index is 2.62. The highest BCUT2D eigenvalue weighted by atomic mass is 32.1. The molecule has 0 aliphatic carbocycles. The molecule has 0 atom stereocenters. The summed E-state index contributed by atoms with van der Waals surface area (Å²) in [5.74, 6) is 0. The SMILES string of the molecule is Cc1s[c]nc1-c1ccccc1C(F)(F)F. The topological polar surface area (TPSA) is 12.9 Å². The zero-order valence-corrected chi connectivity index (χ0v) is 9.12. The molecule has 0 saturated carbocycles. The molecule has 0 spiro atoms. The molecule has 0 N–H and O–H groups in total. The van der Waals surface area contributed by atoms with E-state index in [1.54, 1.807) is 13.0 Å². The molecule has 0 unspecified atom stereocenters. The standard InChI is InChI=1S/C11H7F3NS/c1-7-10(15-6-16-7)8-4-2-3-5-9(8)11(12,13)14/h2-5H,1H3. The Hall–Kier alpha value is -1.36. The monoisotopic (exact) mass is 242 g/mol. The average molecular weight is 242 g/mol. The first-order chi connectivity index (χ1) is 7.50. The van der Waals surface area contributed by atoms with Gasteiger partial charge in [-0.3, -0.25) is 0 Å². The van der Waals surface area contributed by atoms with Crippen LogP contribution in [0.3, 0.4) is 0 Å². The lowest BCUT2D eigenvalue weighted by molar-refractivity contribution is -0.137. The second-order valence-electron chi connectivity index (χ2n) is 3.25. The number of hydrogen-bond acceptors (Lipinski definition) is 2. The third-order valence-electron chi connectivity index (χ3n) is 2.18. The van der Waals surface area contributed by atoms with Crippen LogP contribution in [0.2, 0.25) is 0 Å². The van der Waals surface area contributed by atoms with Gasteiger partial charge in [-0.15, -0.1) is 11.3 Å². The minimum absolute atomic E-state index is 0.116. The molecule has 1 aromatic carbocycles. The fourth-order valence-electron chi connectivity index (χ4n) is 1.45. The molecule has 0 saturated heterocycles. The van der Waals surface area contributed by atoms with Crippen LogP contribution in [0.5, 0.6) is 0 Å². The van der Waals surface area contributed by atoms with E-state index in [0.29, 0.717) is 5.69 Å². The van der Waals surface area contributed by atoms with Crippen molar-refractivity contribution in [1.29, 1.82) is 0 Å². The Morgan fingerprint density at radius 1 is 1.25 bits per heavy atom. The van der Waals surface area contributed by atoms with Crippen molar-refractivity contribution in [3.05, 3.63) is 40.2 Å². The Morgan fingerprint density at radius 2 is 1.94 bits per heavy atom. The molecule has 0 aliphatic rings. The van der Waals surface area contributed by atoms with Gasteiger partial charge in [0.05, 0.1) is 11.3 Å². The molecular formula is C11H7F3NS. The van der Waals surface area contributed by atoms with Crippen molar-refractivity contribution in [2.24, 2.45) is 0 Å². The number of benzene rings is 1. The second kappa shape index (κ2) is 3.90. The molecule has 1 heterocycles. The molecule has 2 aromatic rings. The summed E-state index contributed by atoms with van der Waals surface area (Å²) in [5, 5.41) is 0. The molecule has 2 rings (SSSR count). The number of thiazole rings is 1. The Kier molecular flexibility index (Phi) is 2.71. The normalized spacial score (nSPS) is 11.8. The molecule has 83 valence electrons. The molecule has 1 radical (unpaired) electrons. The maximum absolute atomic E-state index is 12.7. The number of aryl methyl sites for hydroxylation is 1. The molecule has 0 amide bonds. The van der Waals surface area contributed by atoms with Crippen molar-refractivity contribution in [2.45, 2.75) is 13.1 Å². The number of alkyl halides is 3. The smallest absolute Gasteiger partial charge is 0.233 e. The van der Waals surface area contributed by atoms with Gasteiger partial charge in [0.25, 0.3) is 0 Å². The van der Waals surface area contributed by atoms with Gasteiger partial charge in [0, 0.05) is 10.4 Å². The molecule has 0 aliphatic heterocycles. The summed E-state index contributed by atoms with van der Waals surface area (Å²) >= 11 is 1.22. The van der Waals surface area contributed by atoms with Crippen molar-refractivity contribution in [2.75, 3.05) is 0 Å². The number of halogens is 3. The van der Waals surface area contributed by atoms with Crippen LogP contribution in [0.25, 0.3) is 11.3 Å². The summed E-state index contributed by atoms with van der Waals surface area (Å²) in [6.07, 6.45) is -4.35. The van der Waals surface area contributed by atoms with Crippen LogP contribution in [0.4, 0.5) is 13.2 Å². The minimum atomic E-state index is -4.35. The van der Waals surface area contributed by atoms with Crippen LogP contribution >= 0.6 is 11.3 Å². The zero-order chi connectivity index (χ0) is 11.8. The van der Waals surface area contributed by atoms with Crippen molar-refractivity contribution in [3.8, 4) is 11.3 Å². The van der Waals surface area contributed by atoms with E-state index in [1.807, 2.05) is 0 Å². The minimum Gasteiger partial charge on any atom is -0.233 e. The van der Waals surface area contributed by atoms with Crippen molar-refractivity contribution in [1.82, 2.24) is 4.98 Å². The lowest BCUT2D eigenvalue weighted by atomic mass is 10.0. The lowest BCUT2D eigenvalue weighted by Gasteiger charge is -2.11. The molecule has 0 fully saturated rings. The predicted molar refractivity (Wildman–Crippen MR) is 56.1 cm³/mol. The quantitative estimate of drug-likeness (QED) is 0.738. The van der Waals surface area contributed by atoms with E-state index >= 15 is 0 Å². The van der Waals surface area contributed by atoms with E-state index in [1.165, 1.54) is 23.5 Å². The van der Waals surface area contributed by atoms with E-state index in [4.69, 9.17) is 0 Å². The first-order valence-electron chi connectivity index (χ1n) is 4.50. The lowest BCUT2D eigenvalue weighted by Crippen LogP contribution is -2.07. The molecule has 0 bridgehead atoms. The summed E-state index contributed by atoms with van der Waals surface area (Å²) in [5.41, 5.74) is 2.42. The van der Waals surface area contributed by atoms with Gasteiger partial charge in [-0.25, -0.2) is 4.98 Å². The van der Waals surface area contributed by atoms with Crippen LogP contribution in [-0.4, -0.2) is 4.98 Å². The van der Waals surface area contributed by atoms with Crippen LogP contribution in [0.15, 0.2) is 24.3 Å². The maximum Gasteiger partial charge on any atom is 0.417 e. The van der Waals surface area contributed by atoms with Crippen LogP contribution in [-0.2, 0) is 6.18 Å². The Bertz CT molecular complexity index is 502. The Labute approximate surface area is 94.6 Å². The van der Waals surface area contributed by atoms with E-state index in [2.05, 4.69) is 10.5 Å². The average Bonchev–Trinajstić information content (AvgIpc) is 2.63. The highest BCUT2D eigenvalue weighted by Crippen LogP contribution is 2.37. The van der Waals surface area contributed by atoms with Gasteiger partial charge in [0.1, 0.15) is 0 Å². The number of rotatable bonds is 1. The molecule has 16 heavy (non-hydrogen) atoms. The maximum atomic E-state index is 12.7. The molecular weight excluding hydrogens is 235 g/mol. The van der Waals surface area contributed by atoms with Gasteiger partial charge in [-0.2, -0.15) is 13.2 Å². The fourth-order valence-corrected chi connectivity index (χ4v) is 1.98. The van der Waals surface area contributed by atoms with Gasteiger partial charge in [-0.05, 0) is 13.0 Å². The fraction of sp³-hybridized carbons (Fsp3) is 0.182. The Morgan fingerprint density at radius 3 is 2.50 bits per heavy atom. The van der Waals surface area contributed by atoms with Crippen LogP contribution < -0.4 is 0 Å². The second-order valence-corrected chi connectivity index (χ2v) is 4.25. The van der Waals surface area contributed by atoms with E-state index in [-0.39, 0.29) is 5.56 Å². The first-order valence-corrected chi connectivity index (χ1v) is 5.32. The van der Waals surface area contributed by atoms with E-state index in [9.17, 15) is 13.2 Å². The summed E-state index contributed by atoms with van der Waals surface area (Å²) in [6, 6.07) is 5.44. The van der Waals surface area contributed by atoms with E-state index in [0.717, 1.165) is 10.9 Å². The van der Waals surface area contributed by atoms with Gasteiger partial charge >= 0.3 is 6.18 Å². The number of aromatic nitrogens is 1. The summed E-state index contributed by atoms with van der Waals surface area (Å²) in [7, 11) is 0. The number of nitrogens with zero attached hydrogens (tertiary/aromatic N) is 1. The van der Waals surface area contributed by atoms with Crippen LogP contribution in [0, 0.1) is 12.4 Å². The van der Waals surface area contributed by atoms with Gasteiger partial charge in [0.15, 0.2) is 5.51 Å². The first kappa shape index (κ1) is 11.1. The van der Waals surface area contributed by atoms with E-state index < -0.39 is 11.7 Å². The summed E-state index contributed by atoms with van der Waals surface area (Å²) in [6.45, 7) is 1.73. The molecule has 1 nitrogen and oxygen atoms in total. The highest BCUT2D eigenvalue weighted by molar-refractivity contribution is 7.09. The van der Waals surface area contributed by atoms with Crippen LogP contribution in [0.1, 0.15) is 10.4 Å². The van der Waals surface area contributed by atoms with Gasteiger partial charge < -0.3 is 0 Å². The zero-order valence-electron chi connectivity index (χ0n) is 8.30. The van der Waals surface area contributed by atoms with Gasteiger partial charge in [0.2, 0.25) is 0 Å².